The van der Waals surface area contributed by atoms with Crippen LogP contribution in [0.5, 0.6) is 0 Å². The largest absolute Gasteiger partial charge is 0.480 e. The number of nitrogens with one attached hydrogen (secondary N) is 2. The van der Waals surface area contributed by atoms with Crippen molar-refractivity contribution in [1.29, 1.82) is 0 Å². The number of carbonyl (C=O) groups is 2. The lowest BCUT2D eigenvalue weighted by Crippen LogP contribution is -2.45. The smallest absolute Gasteiger partial charge is 0.328 e. The molecule has 0 saturated carbocycles. The minimum absolute atomic E-state index is 0.106. The molecule has 0 aliphatic rings. The van der Waals surface area contributed by atoms with E-state index in [2.05, 4.69) is 20.5 Å². The first-order valence-corrected chi connectivity index (χ1v) is 4.82. The van der Waals surface area contributed by atoms with E-state index < -0.39 is 18.0 Å². The summed E-state index contributed by atoms with van der Waals surface area (Å²) < 4.78 is 6.19. The quantitative estimate of drug-likeness (QED) is 0.654. The number of carboxylic acids is 1. The lowest BCUT2D eigenvalue weighted by atomic mass is 10.3. The number of nitrogens with zero attached hydrogens (tertiary/aromatic N) is 2. The summed E-state index contributed by atoms with van der Waals surface area (Å²) in [5.74, 6) is -0.824. The zero-order valence-corrected chi connectivity index (χ0v) is 9.51. The van der Waals surface area contributed by atoms with Crippen LogP contribution in [0.15, 0.2) is 12.3 Å². The number of carbonyl (C=O) groups excluding carboxylic acids is 1. The van der Waals surface area contributed by atoms with Gasteiger partial charge in [0.25, 0.3) is 0 Å². The zero-order valence-electron chi connectivity index (χ0n) is 9.51. The van der Waals surface area contributed by atoms with Crippen molar-refractivity contribution in [2.24, 2.45) is 7.05 Å². The van der Waals surface area contributed by atoms with Gasteiger partial charge in [0.2, 0.25) is 0 Å². The Bertz CT molecular complexity index is 403. The highest BCUT2D eigenvalue weighted by molar-refractivity contribution is 5.91. The van der Waals surface area contributed by atoms with Crippen molar-refractivity contribution in [1.82, 2.24) is 15.1 Å². The normalized spacial score (nSPS) is 11.9. The highest BCUT2D eigenvalue weighted by Crippen LogP contribution is 2.00. The number of rotatable bonds is 5. The van der Waals surface area contributed by atoms with Crippen molar-refractivity contribution in [2.45, 2.75) is 6.04 Å². The van der Waals surface area contributed by atoms with Gasteiger partial charge in [0, 0.05) is 26.4 Å². The number of aryl methyl sites for hydroxylation is 1. The summed E-state index contributed by atoms with van der Waals surface area (Å²) in [6.45, 7) is -0.106. The summed E-state index contributed by atoms with van der Waals surface area (Å²) in [5, 5.41) is 17.4. The Balaban J connectivity index is 2.50. The van der Waals surface area contributed by atoms with E-state index in [-0.39, 0.29) is 6.61 Å². The Morgan fingerprint density at radius 1 is 1.65 bits per heavy atom. The molecule has 1 heterocycles. The van der Waals surface area contributed by atoms with Gasteiger partial charge in [-0.2, -0.15) is 5.10 Å². The van der Waals surface area contributed by atoms with Gasteiger partial charge in [-0.3, -0.25) is 10.00 Å². The van der Waals surface area contributed by atoms with Crippen LogP contribution in [0.3, 0.4) is 0 Å². The van der Waals surface area contributed by atoms with E-state index in [9.17, 15) is 9.59 Å². The molecule has 1 aromatic heterocycles. The van der Waals surface area contributed by atoms with Crippen molar-refractivity contribution in [2.75, 3.05) is 19.0 Å². The highest BCUT2D eigenvalue weighted by atomic mass is 16.5. The van der Waals surface area contributed by atoms with E-state index in [4.69, 9.17) is 5.11 Å². The van der Waals surface area contributed by atoms with E-state index in [1.54, 1.807) is 19.3 Å². The monoisotopic (exact) mass is 242 g/mol. The Morgan fingerprint density at radius 3 is 2.82 bits per heavy atom. The summed E-state index contributed by atoms with van der Waals surface area (Å²) in [7, 11) is 3.06. The van der Waals surface area contributed by atoms with Crippen molar-refractivity contribution in [3.8, 4) is 0 Å². The maximum atomic E-state index is 11.4. The number of urea groups is 1. The van der Waals surface area contributed by atoms with E-state index in [0.29, 0.717) is 5.82 Å². The van der Waals surface area contributed by atoms with Gasteiger partial charge in [0.1, 0.15) is 0 Å². The van der Waals surface area contributed by atoms with Crippen LogP contribution < -0.4 is 10.6 Å². The molecular formula is C9H14N4O4. The Labute approximate surface area is 97.6 Å². The zero-order chi connectivity index (χ0) is 12.8. The first-order chi connectivity index (χ1) is 8.02. The van der Waals surface area contributed by atoms with E-state index >= 15 is 0 Å². The van der Waals surface area contributed by atoms with Crippen molar-refractivity contribution >= 4 is 17.8 Å². The third-order valence-corrected chi connectivity index (χ3v) is 1.89. The SMILES string of the molecule is COCC(NC(=O)Nc1ccn(C)n1)C(=O)O. The topological polar surface area (TPSA) is 105 Å². The van der Waals surface area contributed by atoms with Crippen LogP contribution in [-0.4, -0.2) is 46.6 Å². The molecule has 2 amide bonds. The minimum Gasteiger partial charge on any atom is -0.480 e. The predicted octanol–water partition coefficient (Wildman–Crippen LogP) is -0.359. The van der Waals surface area contributed by atoms with Gasteiger partial charge in [-0.15, -0.1) is 0 Å². The molecule has 0 aliphatic carbocycles. The van der Waals surface area contributed by atoms with Gasteiger partial charge in [0.15, 0.2) is 11.9 Å². The Kier molecular flexibility index (Phi) is 4.46. The molecule has 0 spiro atoms. The van der Waals surface area contributed by atoms with Gasteiger partial charge in [0.05, 0.1) is 6.61 Å². The number of amides is 2. The van der Waals surface area contributed by atoms with Gasteiger partial charge < -0.3 is 15.2 Å². The number of hydrogen-bond acceptors (Lipinski definition) is 4. The van der Waals surface area contributed by atoms with Crippen LogP contribution in [0, 0.1) is 0 Å². The van der Waals surface area contributed by atoms with E-state index in [1.807, 2.05) is 0 Å². The summed E-state index contributed by atoms with van der Waals surface area (Å²) in [6, 6.07) is -0.150. The van der Waals surface area contributed by atoms with Crippen LogP contribution in [-0.2, 0) is 16.6 Å². The van der Waals surface area contributed by atoms with Crippen LogP contribution in [0.4, 0.5) is 10.6 Å². The summed E-state index contributed by atoms with van der Waals surface area (Å²) in [4.78, 5) is 22.2. The van der Waals surface area contributed by atoms with Crippen LogP contribution in [0.1, 0.15) is 0 Å². The first-order valence-electron chi connectivity index (χ1n) is 4.82. The predicted molar refractivity (Wildman–Crippen MR) is 58.7 cm³/mol. The lowest BCUT2D eigenvalue weighted by molar-refractivity contribution is -0.140. The molecule has 1 unspecified atom stereocenters. The second-order valence-electron chi connectivity index (χ2n) is 3.32. The van der Waals surface area contributed by atoms with Crippen LogP contribution >= 0.6 is 0 Å². The standard InChI is InChI=1S/C9H14N4O4/c1-13-4-3-7(12-13)11-9(16)10-6(5-17-2)8(14)15/h3-4,6H,5H2,1-2H3,(H,14,15)(H2,10,11,12,16). The first kappa shape index (κ1) is 13.0. The number of aromatic nitrogens is 2. The molecule has 1 atom stereocenters. The summed E-state index contributed by atoms with van der Waals surface area (Å²) >= 11 is 0. The molecule has 17 heavy (non-hydrogen) atoms. The fourth-order valence-electron chi connectivity index (χ4n) is 1.13. The summed E-state index contributed by atoms with van der Waals surface area (Å²) in [6.07, 6.45) is 1.65. The average molecular weight is 242 g/mol. The molecule has 3 N–H and O–H groups in total. The maximum absolute atomic E-state index is 11.4. The number of carboxylic acid groups (broad SMARTS) is 1. The highest BCUT2D eigenvalue weighted by Gasteiger charge is 2.19. The van der Waals surface area contributed by atoms with Gasteiger partial charge >= 0.3 is 12.0 Å². The van der Waals surface area contributed by atoms with Crippen molar-refractivity contribution in [3.05, 3.63) is 12.3 Å². The molecule has 0 aliphatic heterocycles. The number of aliphatic carboxylic acids is 1. The Morgan fingerprint density at radius 2 is 2.35 bits per heavy atom. The Hall–Kier alpha value is -2.09. The lowest BCUT2D eigenvalue weighted by Gasteiger charge is -2.13. The van der Waals surface area contributed by atoms with Gasteiger partial charge in [-0.25, -0.2) is 9.59 Å². The second kappa shape index (κ2) is 5.85. The number of anilines is 1. The van der Waals surface area contributed by atoms with Crippen molar-refractivity contribution in [3.63, 3.8) is 0 Å². The minimum atomic E-state index is -1.16. The summed E-state index contributed by atoms with van der Waals surface area (Å²) in [5.41, 5.74) is 0. The van der Waals surface area contributed by atoms with Crippen LogP contribution in [0.2, 0.25) is 0 Å². The molecule has 0 fully saturated rings. The molecule has 8 nitrogen and oxygen atoms in total. The van der Waals surface area contributed by atoms with E-state index in [1.165, 1.54) is 11.8 Å². The molecule has 1 aromatic rings. The number of methoxy groups -OCH3 is 1. The van der Waals surface area contributed by atoms with Crippen molar-refractivity contribution < 1.29 is 19.4 Å². The third-order valence-electron chi connectivity index (χ3n) is 1.89. The molecular weight excluding hydrogens is 228 g/mol. The maximum Gasteiger partial charge on any atom is 0.328 e. The second-order valence-corrected chi connectivity index (χ2v) is 3.32. The molecule has 0 aromatic carbocycles. The molecule has 0 bridgehead atoms. The number of ether oxygens (including phenoxy) is 1. The van der Waals surface area contributed by atoms with Gasteiger partial charge in [-0.1, -0.05) is 0 Å². The fourth-order valence-corrected chi connectivity index (χ4v) is 1.13. The van der Waals surface area contributed by atoms with Crippen LogP contribution in [0.25, 0.3) is 0 Å². The average Bonchev–Trinajstić information content (AvgIpc) is 2.63. The molecule has 94 valence electrons. The molecule has 8 heteroatoms. The number of hydrogen-bond donors (Lipinski definition) is 3. The van der Waals surface area contributed by atoms with Gasteiger partial charge in [-0.05, 0) is 0 Å². The van der Waals surface area contributed by atoms with E-state index in [0.717, 1.165) is 0 Å². The molecule has 1 rings (SSSR count). The fraction of sp³-hybridized carbons (Fsp3) is 0.444. The third kappa shape index (κ3) is 4.11. The molecule has 0 saturated heterocycles. The molecule has 0 radical (unpaired) electrons.